The van der Waals surface area contributed by atoms with E-state index in [4.69, 9.17) is 5.21 Å². The van der Waals surface area contributed by atoms with Crippen molar-refractivity contribution in [2.75, 3.05) is 13.1 Å². The Morgan fingerprint density at radius 3 is 2.84 bits per heavy atom. The van der Waals surface area contributed by atoms with E-state index in [1.807, 2.05) is 6.92 Å². The van der Waals surface area contributed by atoms with E-state index in [0.717, 1.165) is 6.42 Å². The molecule has 0 spiro atoms. The summed E-state index contributed by atoms with van der Waals surface area (Å²) in [4.78, 5) is 0. The number of nitrogens with zero attached hydrogens (tertiary/aromatic N) is 4. The number of piperidine rings is 1. The van der Waals surface area contributed by atoms with Gasteiger partial charge in [-0.25, -0.2) is 8.42 Å². The van der Waals surface area contributed by atoms with E-state index < -0.39 is 10.0 Å². The van der Waals surface area contributed by atoms with E-state index in [2.05, 4.69) is 10.3 Å². The van der Waals surface area contributed by atoms with Crippen LogP contribution in [0.4, 0.5) is 0 Å². The second kappa shape index (κ2) is 5.30. The van der Waals surface area contributed by atoms with Gasteiger partial charge in [-0.1, -0.05) is 12.1 Å². The molecule has 0 saturated carbocycles. The Hall–Kier alpha value is -1.41. The van der Waals surface area contributed by atoms with Crippen molar-refractivity contribution in [3.8, 4) is 0 Å². The topological polar surface area (TPSA) is 87.8 Å². The Bertz CT molecular complexity index is 579. The Morgan fingerprint density at radius 2 is 2.32 bits per heavy atom. The lowest BCUT2D eigenvalue weighted by Crippen LogP contribution is -2.44. The molecule has 1 unspecified atom stereocenters. The molecular weight excluding hydrogens is 268 g/mol. The van der Waals surface area contributed by atoms with Crippen molar-refractivity contribution < 1.29 is 13.6 Å². The molecule has 7 nitrogen and oxygen atoms in total. The molecule has 0 radical (unpaired) electrons. The minimum absolute atomic E-state index is 0.0262. The van der Waals surface area contributed by atoms with Crippen molar-refractivity contribution in [1.29, 1.82) is 0 Å². The molecular formula is C11H18N4O3S. The van der Waals surface area contributed by atoms with Gasteiger partial charge >= 0.3 is 0 Å². The fourth-order valence-corrected chi connectivity index (χ4v) is 3.93. The smallest absolute Gasteiger partial charge is 0.260 e. The summed E-state index contributed by atoms with van der Waals surface area (Å²) in [5.74, 6) is -0.0262. The molecule has 1 fully saturated rings. The molecule has 0 amide bonds. The van der Waals surface area contributed by atoms with Crippen molar-refractivity contribution in [1.82, 2.24) is 14.1 Å². The van der Waals surface area contributed by atoms with Crippen LogP contribution in [0, 0.1) is 5.92 Å². The highest BCUT2D eigenvalue weighted by Gasteiger charge is 2.34. The lowest BCUT2D eigenvalue weighted by Gasteiger charge is -2.31. The maximum absolute atomic E-state index is 12.5. The Morgan fingerprint density at radius 1 is 1.58 bits per heavy atom. The molecule has 1 aromatic heterocycles. The van der Waals surface area contributed by atoms with Gasteiger partial charge in [-0.05, 0) is 12.5 Å². The van der Waals surface area contributed by atoms with Gasteiger partial charge in [0.25, 0.3) is 10.0 Å². The van der Waals surface area contributed by atoms with Crippen molar-refractivity contribution in [2.45, 2.75) is 24.8 Å². The molecule has 0 aliphatic carbocycles. The van der Waals surface area contributed by atoms with Crippen LogP contribution in [0.2, 0.25) is 0 Å². The number of rotatable bonds is 3. The lowest BCUT2D eigenvalue weighted by atomic mass is 9.95. The van der Waals surface area contributed by atoms with Crippen molar-refractivity contribution >= 4 is 15.7 Å². The standard InChI is InChI=1S/C11H18N4O3S/c1-3-9-8-15(7-5-10(9)13-16)19(17,18)11-4-6-12-14(11)2/h4,6,9,16H,3,5,7-8H2,1-2H3. The average Bonchev–Trinajstić information content (AvgIpc) is 2.84. The predicted octanol–water partition coefficient (Wildman–Crippen LogP) is 0.671. The van der Waals surface area contributed by atoms with E-state index in [0.29, 0.717) is 25.2 Å². The van der Waals surface area contributed by atoms with Crippen LogP contribution < -0.4 is 0 Å². The van der Waals surface area contributed by atoms with E-state index in [9.17, 15) is 8.42 Å². The Kier molecular flexibility index (Phi) is 3.91. The fraction of sp³-hybridized carbons (Fsp3) is 0.636. The van der Waals surface area contributed by atoms with Crippen molar-refractivity contribution in [3.05, 3.63) is 12.3 Å². The quantitative estimate of drug-likeness (QED) is 0.653. The van der Waals surface area contributed by atoms with E-state index >= 15 is 0 Å². The van der Waals surface area contributed by atoms with E-state index in [1.54, 1.807) is 7.05 Å². The zero-order valence-electron chi connectivity index (χ0n) is 11.0. The van der Waals surface area contributed by atoms with Gasteiger partial charge in [0.15, 0.2) is 5.03 Å². The highest BCUT2D eigenvalue weighted by Crippen LogP contribution is 2.23. The van der Waals surface area contributed by atoms with Gasteiger partial charge in [0, 0.05) is 32.5 Å². The first-order chi connectivity index (χ1) is 9.00. The summed E-state index contributed by atoms with van der Waals surface area (Å²) in [6.45, 7) is 2.64. The Labute approximate surface area is 112 Å². The van der Waals surface area contributed by atoms with Crippen LogP contribution in [0.15, 0.2) is 22.4 Å². The summed E-state index contributed by atoms with van der Waals surface area (Å²) < 4.78 is 27.8. The zero-order chi connectivity index (χ0) is 14.0. The predicted molar refractivity (Wildman–Crippen MR) is 69.6 cm³/mol. The first-order valence-electron chi connectivity index (χ1n) is 6.19. The first kappa shape index (κ1) is 14.0. The number of sulfonamides is 1. The van der Waals surface area contributed by atoms with Crippen LogP contribution >= 0.6 is 0 Å². The molecule has 8 heteroatoms. The van der Waals surface area contributed by atoms with Crippen LogP contribution in [-0.2, 0) is 17.1 Å². The SMILES string of the molecule is CCC1CN(S(=O)(=O)c2ccnn2C)CCC1=NO. The first-order valence-corrected chi connectivity index (χ1v) is 7.63. The van der Waals surface area contributed by atoms with E-state index in [-0.39, 0.29) is 10.9 Å². The van der Waals surface area contributed by atoms with Crippen molar-refractivity contribution in [2.24, 2.45) is 18.1 Å². The third-order valence-electron chi connectivity index (χ3n) is 3.51. The molecule has 1 aliphatic heterocycles. The maximum Gasteiger partial charge on any atom is 0.260 e. The van der Waals surface area contributed by atoms with Gasteiger partial charge in [-0.3, -0.25) is 4.68 Å². The highest BCUT2D eigenvalue weighted by atomic mass is 32.2. The molecule has 2 heterocycles. The number of hydrogen-bond donors (Lipinski definition) is 1. The maximum atomic E-state index is 12.5. The minimum atomic E-state index is -3.53. The molecule has 1 N–H and O–H groups in total. The molecule has 1 aromatic rings. The molecule has 19 heavy (non-hydrogen) atoms. The second-order valence-corrected chi connectivity index (χ2v) is 6.49. The monoisotopic (exact) mass is 286 g/mol. The molecule has 1 atom stereocenters. The van der Waals surface area contributed by atoms with Crippen LogP contribution in [0.5, 0.6) is 0 Å². The Balaban J connectivity index is 2.26. The third-order valence-corrected chi connectivity index (χ3v) is 5.45. The van der Waals surface area contributed by atoms with Gasteiger partial charge in [0.2, 0.25) is 0 Å². The number of aromatic nitrogens is 2. The van der Waals surface area contributed by atoms with Crippen LogP contribution in [0.3, 0.4) is 0 Å². The molecule has 0 bridgehead atoms. The molecule has 106 valence electrons. The molecule has 2 rings (SSSR count). The average molecular weight is 286 g/mol. The molecule has 0 aromatic carbocycles. The summed E-state index contributed by atoms with van der Waals surface area (Å²) in [5.41, 5.74) is 0.680. The fourth-order valence-electron chi connectivity index (χ4n) is 2.35. The molecule has 1 saturated heterocycles. The summed E-state index contributed by atoms with van der Waals surface area (Å²) in [5, 5.41) is 16.3. The molecule has 1 aliphatic rings. The number of oxime groups is 1. The van der Waals surface area contributed by atoms with Gasteiger partial charge in [0.1, 0.15) is 0 Å². The van der Waals surface area contributed by atoms with Crippen LogP contribution in [-0.4, -0.2) is 46.5 Å². The van der Waals surface area contributed by atoms with Crippen molar-refractivity contribution in [3.63, 3.8) is 0 Å². The van der Waals surface area contributed by atoms with Gasteiger partial charge in [-0.15, -0.1) is 0 Å². The van der Waals surface area contributed by atoms with Gasteiger partial charge in [0.05, 0.1) is 11.9 Å². The lowest BCUT2D eigenvalue weighted by molar-refractivity contribution is 0.295. The summed E-state index contributed by atoms with van der Waals surface area (Å²) in [7, 11) is -1.92. The van der Waals surface area contributed by atoms with Crippen LogP contribution in [0.25, 0.3) is 0 Å². The van der Waals surface area contributed by atoms with Gasteiger partial charge in [-0.2, -0.15) is 9.40 Å². The summed E-state index contributed by atoms with van der Waals surface area (Å²) in [6, 6.07) is 1.49. The number of aryl methyl sites for hydroxylation is 1. The largest absolute Gasteiger partial charge is 0.411 e. The van der Waals surface area contributed by atoms with E-state index in [1.165, 1.54) is 21.3 Å². The normalized spacial score (nSPS) is 23.9. The minimum Gasteiger partial charge on any atom is -0.411 e. The highest BCUT2D eigenvalue weighted by molar-refractivity contribution is 7.89. The van der Waals surface area contributed by atoms with Crippen LogP contribution in [0.1, 0.15) is 19.8 Å². The summed E-state index contributed by atoms with van der Waals surface area (Å²) in [6.07, 6.45) is 2.68. The van der Waals surface area contributed by atoms with Gasteiger partial charge < -0.3 is 5.21 Å². The number of hydrogen-bond acceptors (Lipinski definition) is 5. The third kappa shape index (κ3) is 2.50. The summed E-state index contributed by atoms with van der Waals surface area (Å²) >= 11 is 0. The zero-order valence-corrected chi connectivity index (χ0v) is 11.8. The second-order valence-electron chi connectivity index (χ2n) is 4.60.